The number of aromatic nitrogens is 2. The molecule has 0 saturated heterocycles. The summed E-state index contributed by atoms with van der Waals surface area (Å²) in [6, 6.07) is 13.3. The molecule has 0 fully saturated rings. The van der Waals surface area contributed by atoms with Crippen LogP contribution in [0.4, 0.5) is 4.39 Å². The van der Waals surface area contributed by atoms with Crippen LogP contribution in [-0.4, -0.2) is 20.8 Å². The summed E-state index contributed by atoms with van der Waals surface area (Å²) in [5.74, 6) is -1.54. The molecule has 1 aromatic heterocycles. The highest BCUT2D eigenvalue weighted by Crippen LogP contribution is 2.15. The molecular formula is C18H13BrFN3O3. The standard InChI is InChI=1S/C18H13BrFN3O3/c19-12-3-7-14(8-4-12)23-16(25)9-15(24)17(22-23)18(26)21-10-11-1-5-13(20)6-2-11/h1-9,24H,10H2,(H,21,26). The number of hydrogen-bond acceptors (Lipinski definition) is 4. The molecule has 3 rings (SSSR count). The van der Waals surface area contributed by atoms with Crippen LogP contribution in [0.3, 0.4) is 0 Å². The highest BCUT2D eigenvalue weighted by Gasteiger charge is 2.16. The Kier molecular flexibility index (Phi) is 5.13. The van der Waals surface area contributed by atoms with E-state index in [1.54, 1.807) is 24.3 Å². The number of carbonyl (C=O) groups excluding carboxylic acids is 1. The largest absolute Gasteiger partial charge is 0.505 e. The first kappa shape index (κ1) is 17.8. The summed E-state index contributed by atoms with van der Waals surface area (Å²) in [7, 11) is 0. The molecule has 0 aliphatic carbocycles. The minimum atomic E-state index is -0.655. The number of nitrogens with zero attached hydrogens (tertiary/aromatic N) is 2. The van der Waals surface area contributed by atoms with Gasteiger partial charge < -0.3 is 10.4 Å². The van der Waals surface area contributed by atoms with Gasteiger partial charge in [0.15, 0.2) is 11.4 Å². The van der Waals surface area contributed by atoms with E-state index < -0.39 is 17.2 Å². The molecule has 0 aliphatic rings. The maximum Gasteiger partial charge on any atom is 0.275 e. The highest BCUT2D eigenvalue weighted by atomic mass is 79.9. The first-order chi connectivity index (χ1) is 12.4. The van der Waals surface area contributed by atoms with Crippen LogP contribution in [0.25, 0.3) is 5.69 Å². The third kappa shape index (κ3) is 3.97. The molecule has 0 saturated carbocycles. The smallest absolute Gasteiger partial charge is 0.275 e. The summed E-state index contributed by atoms with van der Waals surface area (Å²) in [6.45, 7) is 0.123. The van der Waals surface area contributed by atoms with Gasteiger partial charge in [0.2, 0.25) is 0 Å². The Morgan fingerprint density at radius 2 is 1.81 bits per heavy atom. The van der Waals surface area contributed by atoms with Gasteiger partial charge in [-0.15, -0.1) is 0 Å². The van der Waals surface area contributed by atoms with E-state index in [-0.39, 0.29) is 18.1 Å². The molecule has 3 aromatic rings. The predicted octanol–water partition coefficient (Wildman–Crippen LogP) is 2.77. The number of nitrogens with one attached hydrogen (secondary N) is 1. The molecule has 6 nitrogen and oxygen atoms in total. The van der Waals surface area contributed by atoms with Crippen molar-refractivity contribution < 1.29 is 14.3 Å². The van der Waals surface area contributed by atoms with E-state index >= 15 is 0 Å². The molecule has 1 amide bonds. The van der Waals surface area contributed by atoms with Gasteiger partial charge in [0, 0.05) is 17.1 Å². The summed E-state index contributed by atoms with van der Waals surface area (Å²) in [5.41, 5.74) is 0.279. The molecule has 2 aromatic carbocycles. The Hall–Kier alpha value is -3.00. The first-order valence-electron chi connectivity index (χ1n) is 7.56. The SMILES string of the molecule is O=C(NCc1ccc(F)cc1)c1nn(-c2ccc(Br)cc2)c(=O)cc1O. The zero-order valence-corrected chi connectivity index (χ0v) is 14.9. The molecule has 132 valence electrons. The van der Waals surface area contributed by atoms with E-state index in [0.29, 0.717) is 11.3 Å². The van der Waals surface area contributed by atoms with Gasteiger partial charge in [-0.05, 0) is 42.0 Å². The zero-order valence-electron chi connectivity index (χ0n) is 13.3. The third-order valence-corrected chi connectivity index (χ3v) is 4.09. The average Bonchev–Trinajstić information content (AvgIpc) is 2.62. The number of benzene rings is 2. The van der Waals surface area contributed by atoms with Crippen LogP contribution in [0.1, 0.15) is 16.1 Å². The minimum Gasteiger partial charge on any atom is -0.505 e. The van der Waals surface area contributed by atoms with Crippen LogP contribution >= 0.6 is 15.9 Å². The fourth-order valence-corrected chi connectivity index (χ4v) is 2.51. The van der Waals surface area contributed by atoms with Crippen molar-refractivity contribution in [3.63, 3.8) is 0 Å². The van der Waals surface area contributed by atoms with Gasteiger partial charge >= 0.3 is 0 Å². The van der Waals surface area contributed by atoms with Crippen molar-refractivity contribution in [2.45, 2.75) is 6.54 Å². The zero-order chi connectivity index (χ0) is 18.7. The maximum atomic E-state index is 12.9. The summed E-state index contributed by atoms with van der Waals surface area (Å²) in [6.07, 6.45) is 0. The molecular weight excluding hydrogens is 405 g/mol. The van der Waals surface area contributed by atoms with E-state index in [9.17, 15) is 19.1 Å². The quantitative estimate of drug-likeness (QED) is 0.683. The molecule has 0 atom stereocenters. The molecule has 0 unspecified atom stereocenters. The molecule has 0 bridgehead atoms. The Balaban J connectivity index is 1.85. The van der Waals surface area contributed by atoms with Crippen LogP contribution in [0.2, 0.25) is 0 Å². The summed E-state index contributed by atoms with van der Waals surface area (Å²) < 4.78 is 14.8. The van der Waals surface area contributed by atoms with Gasteiger partial charge in [-0.2, -0.15) is 9.78 Å². The monoisotopic (exact) mass is 417 g/mol. The fourth-order valence-electron chi connectivity index (χ4n) is 2.24. The highest BCUT2D eigenvalue weighted by molar-refractivity contribution is 9.10. The number of rotatable bonds is 4. The number of amides is 1. The molecule has 1 heterocycles. The summed E-state index contributed by atoms with van der Waals surface area (Å²) >= 11 is 3.30. The molecule has 2 N–H and O–H groups in total. The lowest BCUT2D eigenvalue weighted by Crippen LogP contribution is -2.29. The van der Waals surface area contributed by atoms with Crippen molar-refractivity contribution in [2.75, 3.05) is 0 Å². The normalized spacial score (nSPS) is 10.5. The first-order valence-corrected chi connectivity index (χ1v) is 8.35. The van der Waals surface area contributed by atoms with E-state index in [2.05, 4.69) is 26.3 Å². The van der Waals surface area contributed by atoms with Gasteiger partial charge in [-0.1, -0.05) is 28.1 Å². The van der Waals surface area contributed by atoms with Crippen LogP contribution in [-0.2, 0) is 6.54 Å². The van der Waals surface area contributed by atoms with Gasteiger partial charge in [-0.3, -0.25) is 9.59 Å². The second-order valence-electron chi connectivity index (χ2n) is 5.41. The van der Waals surface area contributed by atoms with E-state index in [0.717, 1.165) is 15.2 Å². The second-order valence-corrected chi connectivity index (χ2v) is 6.33. The Morgan fingerprint density at radius 1 is 1.15 bits per heavy atom. The van der Waals surface area contributed by atoms with Gasteiger partial charge in [0.25, 0.3) is 11.5 Å². The van der Waals surface area contributed by atoms with Crippen molar-refractivity contribution in [1.29, 1.82) is 0 Å². The Morgan fingerprint density at radius 3 is 2.46 bits per heavy atom. The lowest BCUT2D eigenvalue weighted by atomic mass is 10.2. The molecule has 26 heavy (non-hydrogen) atoms. The fraction of sp³-hybridized carbons (Fsp3) is 0.0556. The predicted molar refractivity (Wildman–Crippen MR) is 96.8 cm³/mol. The van der Waals surface area contributed by atoms with Crippen LogP contribution in [0.15, 0.2) is 63.9 Å². The van der Waals surface area contributed by atoms with Gasteiger partial charge in [0.1, 0.15) is 5.82 Å². The van der Waals surface area contributed by atoms with Gasteiger partial charge in [-0.25, -0.2) is 4.39 Å². The number of halogens is 2. The third-order valence-electron chi connectivity index (χ3n) is 3.56. The number of aromatic hydroxyl groups is 1. The second kappa shape index (κ2) is 7.49. The van der Waals surface area contributed by atoms with Crippen molar-refractivity contribution in [3.8, 4) is 11.4 Å². The molecule has 0 aliphatic heterocycles. The number of hydrogen-bond donors (Lipinski definition) is 2. The van der Waals surface area contributed by atoms with Crippen molar-refractivity contribution in [2.24, 2.45) is 0 Å². The van der Waals surface area contributed by atoms with E-state index in [4.69, 9.17) is 0 Å². The van der Waals surface area contributed by atoms with Crippen molar-refractivity contribution >= 4 is 21.8 Å². The Labute approximate surface area is 156 Å². The summed E-state index contributed by atoms with van der Waals surface area (Å²) in [4.78, 5) is 24.4. The lowest BCUT2D eigenvalue weighted by molar-refractivity contribution is 0.0941. The van der Waals surface area contributed by atoms with Crippen LogP contribution < -0.4 is 10.9 Å². The molecule has 0 spiro atoms. The van der Waals surface area contributed by atoms with Crippen LogP contribution in [0, 0.1) is 5.82 Å². The average molecular weight is 418 g/mol. The number of carbonyl (C=O) groups is 1. The van der Waals surface area contributed by atoms with Gasteiger partial charge in [0.05, 0.1) is 5.69 Å². The molecule has 8 heteroatoms. The van der Waals surface area contributed by atoms with E-state index in [1.807, 2.05) is 0 Å². The lowest BCUT2D eigenvalue weighted by Gasteiger charge is -2.09. The van der Waals surface area contributed by atoms with Crippen molar-refractivity contribution in [3.05, 3.63) is 86.5 Å². The maximum absolute atomic E-state index is 12.9. The van der Waals surface area contributed by atoms with Crippen molar-refractivity contribution in [1.82, 2.24) is 15.1 Å². The summed E-state index contributed by atoms with van der Waals surface area (Å²) in [5, 5.41) is 16.5. The topological polar surface area (TPSA) is 84.2 Å². The molecule has 0 radical (unpaired) electrons. The minimum absolute atomic E-state index is 0.123. The van der Waals surface area contributed by atoms with Crippen LogP contribution in [0.5, 0.6) is 5.75 Å². The Bertz CT molecular complexity index is 1000. The van der Waals surface area contributed by atoms with E-state index in [1.165, 1.54) is 24.3 Å².